The predicted octanol–water partition coefficient (Wildman–Crippen LogP) is 0.282. The van der Waals surface area contributed by atoms with Crippen molar-refractivity contribution in [2.24, 2.45) is 0 Å². The van der Waals surface area contributed by atoms with Crippen molar-refractivity contribution in [1.29, 1.82) is 0 Å². The molecule has 12 heavy (non-hydrogen) atoms. The lowest BCUT2D eigenvalue weighted by Crippen LogP contribution is -2.36. The Balaban J connectivity index is 3.96. The first-order valence-electron chi connectivity index (χ1n) is 3.60. The first-order chi connectivity index (χ1) is 5.61. The number of rotatable bonds is 5. The summed E-state index contributed by atoms with van der Waals surface area (Å²) in [5.41, 5.74) is 0. The van der Waals surface area contributed by atoms with Gasteiger partial charge < -0.3 is 10.0 Å². The van der Waals surface area contributed by atoms with Crippen LogP contribution in [0, 0.1) is 0 Å². The zero-order chi connectivity index (χ0) is 9.56. The van der Waals surface area contributed by atoms with E-state index in [1.807, 2.05) is 6.26 Å². The Morgan fingerprint density at radius 3 is 2.42 bits per heavy atom. The maximum Gasteiger partial charge on any atom is 0.323 e. The summed E-state index contributed by atoms with van der Waals surface area (Å²) in [6.45, 7) is 2.02. The normalized spacial score (nSPS) is 9.50. The lowest BCUT2D eigenvalue weighted by atomic mass is 10.4. The van der Waals surface area contributed by atoms with Crippen LogP contribution in [0.2, 0.25) is 0 Å². The molecule has 0 aromatic rings. The molecule has 0 aliphatic heterocycles. The fourth-order valence-electron chi connectivity index (χ4n) is 0.754. The van der Waals surface area contributed by atoms with Crippen LogP contribution in [0.1, 0.15) is 6.92 Å². The first kappa shape index (κ1) is 11.3. The zero-order valence-electron chi connectivity index (χ0n) is 7.24. The quantitative estimate of drug-likeness (QED) is 0.678. The van der Waals surface area contributed by atoms with Crippen molar-refractivity contribution in [3.8, 4) is 0 Å². The highest BCUT2D eigenvalue weighted by Gasteiger charge is 2.13. The minimum Gasteiger partial charge on any atom is -0.480 e. The third kappa shape index (κ3) is 4.23. The smallest absolute Gasteiger partial charge is 0.323 e. The van der Waals surface area contributed by atoms with Crippen LogP contribution < -0.4 is 0 Å². The van der Waals surface area contributed by atoms with Gasteiger partial charge in [0.15, 0.2) is 0 Å². The largest absolute Gasteiger partial charge is 0.480 e. The summed E-state index contributed by atoms with van der Waals surface area (Å²) in [6, 6.07) is 0. The molecule has 0 unspecified atom stereocenters. The fraction of sp³-hybridized carbons (Fsp3) is 0.714. The van der Waals surface area contributed by atoms with Gasteiger partial charge in [0.2, 0.25) is 5.91 Å². The number of likely N-dealkylation sites (N-methyl/N-ethyl adjacent to an activating group) is 1. The summed E-state index contributed by atoms with van der Waals surface area (Å²) in [5.74, 6) is -0.736. The number of carbonyl (C=O) groups is 2. The Hall–Kier alpha value is -0.710. The fourth-order valence-corrected chi connectivity index (χ4v) is 1.18. The summed E-state index contributed by atoms with van der Waals surface area (Å²) < 4.78 is 0. The van der Waals surface area contributed by atoms with Gasteiger partial charge in [0.1, 0.15) is 6.54 Å². The third-order valence-electron chi connectivity index (χ3n) is 1.33. The molecule has 1 N–H and O–H groups in total. The second kappa shape index (κ2) is 5.88. The van der Waals surface area contributed by atoms with Crippen LogP contribution in [0.3, 0.4) is 0 Å². The number of hydrogen-bond donors (Lipinski definition) is 1. The van der Waals surface area contributed by atoms with Gasteiger partial charge in [0, 0.05) is 6.54 Å². The van der Waals surface area contributed by atoms with Crippen LogP contribution in [0.5, 0.6) is 0 Å². The maximum absolute atomic E-state index is 11.2. The zero-order valence-corrected chi connectivity index (χ0v) is 8.06. The number of hydrogen-bond acceptors (Lipinski definition) is 3. The van der Waals surface area contributed by atoms with E-state index in [0.717, 1.165) is 0 Å². The second-order valence-corrected chi connectivity index (χ2v) is 3.10. The lowest BCUT2D eigenvalue weighted by Gasteiger charge is -2.17. The van der Waals surface area contributed by atoms with E-state index < -0.39 is 5.97 Å². The van der Waals surface area contributed by atoms with Crippen molar-refractivity contribution in [2.75, 3.05) is 25.1 Å². The minimum absolute atomic E-state index is 0.118. The van der Waals surface area contributed by atoms with E-state index >= 15 is 0 Å². The summed E-state index contributed by atoms with van der Waals surface area (Å²) >= 11 is 1.40. The monoisotopic (exact) mass is 191 g/mol. The van der Waals surface area contributed by atoms with Crippen LogP contribution in [0.4, 0.5) is 0 Å². The Bertz CT molecular complexity index is 172. The van der Waals surface area contributed by atoms with E-state index in [0.29, 0.717) is 12.3 Å². The average molecular weight is 191 g/mol. The van der Waals surface area contributed by atoms with Gasteiger partial charge in [-0.15, -0.1) is 0 Å². The molecule has 0 aromatic carbocycles. The van der Waals surface area contributed by atoms with Crippen LogP contribution >= 0.6 is 11.8 Å². The number of carboxylic acid groups (broad SMARTS) is 1. The van der Waals surface area contributed by atoms with Crippen LogP contribution in [0.15, 0.2) is 0 Å². The van der Waals surface area contributed by atoms with Gasteiger partial charge in [-0.05, 0) is 13.2 Å². The molecule has 0 rings (SSSR count). The summed E-state index contributed by atoms with van der Waals surface area (Å²) in [5, 5.41) is 8.43. The number of carbonyl (C=O) groups excluding carboxylic acids is 1. The summed E-state index contributed by atoms with van der Waals surface area (Å²) in [6.07, 6.45) is 1.81. The number of nitrogens with zero attached hydrogens (tertiary/aromatic N) is 1. The Morgan fingerprint density at radius 2 is 2.08 bits per heavy atom. The summed E-state index contributed by atoms with van der Waals surface area (Å²) in [4.78, 5) is 22.7. The van der Waals surface area contributed by atoms with Crippen LogP contribution in [0.25, 0.3) is 0 Å². The molecule has 0 saturated carbocycles. The highest BCUT2D eigenvalue weighted by Crippen LogP contribution is 1.97. The summed E-state index contributed by atoms with van der Waals surface area (Å²) in [7, 11) is 0. The average Bonchev–Trinajstić information content (AvgIpc) is 2.00. The lowest BCUT2D eigenvalue weighted by molar-refractivity contribution is -0.143. The van der Waals surface area contributed by atoms with Gasteiger partial charge in [0.25, 0.3) is 0 Å². The topological polar surface area (TPSA) is 57.6 Å². The van der Waals surface area contributed by atoms with E-state index in [4.69, 9.17) is 5.11 Å². The van der Waals surface area contributed by atoms with Crippen molar-refractivity contribution >= 4 is 23.6 Å². The maximum atomic E-state index is 11.2. The number of thioether (sulfide) groups is 1. The van der Waals surface area contributed by atoms with Crippen molar-refractivity contribution in [1.82, 2.24) is 4.90 Å². The van der Waals surface area contributed by atoms with Gasteiger partial charge in [-0.25, -0.2) is 0 Å². The molecule has 0 saturated heterocycles. The molecule has 0 radical (unpaired) electrons. The van der Waals surface area contributed by atoms with Gasteiger partial charge in [-0.2, -0.15) is 11.8 Å². The minimum atomic E-state index is -0.966. The van der Waals surface area contributed by atoms with Gasteiger partial charge >= 0.3 is 5.97 Å². The van der Waals surface area contributed by atoms with Crippen molar-refractivity contribution in [2.45, 2.75) is 6.92 Å². The molecule has 70 valence electrons. The van der Waals surface area contributed by atoms with E-state index in [2.05, 4.69) is 0 Å². The van der Waals surface area contributed by atoms with Gasteiger partial charge in [0.05, 0.1) is 5.75 Å². The number of aliphatic carboxylic acids is 1. The standard InChI is InChI=1S/C7H13NO3S/c1-3-8(4-7(10)11)6(9)5-12-2/h3-5H2,1-2H3,(H,10,11). The first-order valence-corrected chi connectivity index (χ1v) is 4.99. The van der Waals surface area contributed by atoms with E-state index in [9.17, 15) is 9.59 Å². The van der Waals surface area contributed by atoms with Gasteiger partial charge in [-0.3, -0.25) is 9.59 Å². The molecule has 0 fully saturated rings. The SMILES string of the molecule is CCN(CC(=O)O)C(=O)CSC. The Morgan fingerprint density at radius 1 is 1.50 bits per heavy atom. The highest BCUT2D eigenvalue weighted by atomic mass is 32.2. The second-order valence-electron chi connectivity index (χ2n) is 2.23. The van der Waals surface area contributed by atoms with Crippen molar-refractivity contribution in [3.05, 3.63) is 0 Å². The molecule has 0 aliphatic carbocycles. The highest BCUT2D eigenvalue weighted by molar-refractivity contribution is 7.99. The van der Waals surface area contributed by atoms with Crippen LogP contribution in [-0.2, 0) is 9.59 Å². The molecule has 4 nitrogen and oxygen atoms in total. The molecule has 0 spiro atoms. The van der Waals surface area contributed by atoms with Crippen LogP contribution in [-0.4, -0.2) is 47.0 Å². The predicted molar refractivity (Wildman–Crippen MR) is 48.3 cm³/mol. The molecule has 5 heteroatoms. The molecular weight excluding hydrogens is 178 g/mol. The third-order valence-corrected chi connectivity index (χ3v) is 1.86. The van der Waals surface area contributed by atoms with E-state index in [-0.39, 0.29) is 12.5 Å². The number of carboxylic acids is 1. The Labute approximate surface area is 75.9 Å². The molecule has 0 aliphatic rings. The number of amides is 1. The van der Waals surface area contributed by atoms with E-state index in [1.54, 1.807) is 6.92 Å². The molecular formula is C7H13NO3S. The molecule has 0 bridgehead atoms. The Kier molecular flexibility index (Phi) is 5.53. The van der Waals surface area contributed by atoms with Crippen molar-refractivity contribution < 1.29 is 14.7 Å². The molecule has 0 heterocycles. The molecule has 1 amide bonds. The molecule has 0 aromatic heterocycles. The van der Waals surface area contributed by atoms with Gasteiger partial charge in [-0.1, -0.05) is 0 Å². The van der Waals surface area contributed by atoms with E-state index in [1.165, 1.54) is 16.7 Å². The van der Waals surface area contributed by atoms with Crippen molar-refractivity contribution in [3.63, 3.8) is 0 Å². The molecule has 0 atom stereocenters.